The Morgan fingerprint density at radius 1 is 1.00 bits per heavy atom. The summed E-state index contributed by atoms with van der Waals surface area (Å²) >= 11 is 5.66. The summed E-state index contributed by atoms with van der Waals surface area (Å²) in [7, 11) is -2.58. The lowest BCUT2D eigenvalue weighted by molar-refractivity contribution is 0.417. The molecule has 0 unspecified atom stereocenters. The van der Waals surface area contributed by atoms with Gasteiger partial charge in [-0.1, -0.05) is 47.5 Å². The van der Waals surface area contributed by atoms with Gasteiger partial charge in [0.1, 0.15) is 11.5 Å². The van der Waals surface area contributed by atoms with Crippen LogP contribution in [0, 0.1) is 6.92 Å². The van der Waals surface area contributed by atoms with Crippen molar-refractivity contribution in [2.24, 2.45) is 0 Å². The number of ether oxygens (including phenoxy) is 1. The number of hydrogen-bond acceptors (Lipinski definition) is 5. The molecule has 0 aromatic heterocycles. The number of methoxy groups -OCH3 is 1. The van der Waals surface area contributed by atoms with Crippen molar-refractivity contribution in [1.29, 1.82) is 0 Å². The summed E-state index contributed by atoms with van der Waals surface area (Å²) in [6.45, 7) is 1.89. The molecule has 156 valence electrons. The lowest BCUT2D eigenvalue weighted by Crippen LogP contribution is -2.09. The van der Waals surface area contributed by atoms with Gasteiger partial charge in [-0.25, -0.2) is 0 Å². The largest absolute Gasteiger partial charge is 0.508 e. The maximum absolute atomic E-state index is 10.3. The Kier molecular flexibility index (Phi) is 9.81. The molecule has 9 heteroatoms. The van der Waals surface area contributed by atoms with Gasteiger partial charge in [0.05, 0.1) is 18.5 Å². The molecule has 0 spiro atoms. The van der Waals surface area contributed by atoms with Gasteiger partial charge in [0.25, 0.3) is 0 Å². The van der Waals surface area contributed by atoms with E-state index in [0.29, 0.717) is 27.9 Å². The van der Waals surface area contributed by atoms with Crippen LogP contribution in [-0.2, 0) is 10.3 Å². The summed E-state index contributed by atoms with van der Waals surface area (Å²) in [5, 5.41) is 9.26. The van der Waals surface area contributed by atoms with Crippen LogP contribution >= 0.6 is 11.6 Å². The number of aromatic hydroxyl groups is 1. The zero-order chi connectivity index (χ0) is 21.9. The first kappa shape index (κ1) is 24.1. The molecule has 0 fully saturated rings. The van der Waals surface area contributed by atoms with Gasteiger partial charge in [-0.2, -0.15) is 8.42 Å². The van der Waals surface area contributed by atoms with E-state index in [1.807, 2.05) is 17.7 Å². The van der Waals surface area contributed by atoms with E-state index in [0.717, 1.165) is 5.56 Å². The van der Waals surface area contributed by atoms with Crippen LogP contribution in [0.3, 0.4) is 0 Å². The Bertz CT molecular complexity index is 982. The molecule has 7 nitrogen and oxygen atoms in total. The van der Waals surface area contributed by atoms with E-state index in [1.165, 1.54) is 0 Å². The molecule has 0 aliphatic rings. The quantitative estimate of drug-likeness (QED) is 0.352. The zero-order valence-electron chi connectivity index (χ0n) is 15.9. The molecule has 0 saturated heterocycles. The van der Waals surface area contributed by atoms with Crippen molar-refractivity contribution >= 4 is 33.3 Å². The minimum absolute atomic E-state index is 0.322. The zero-order valence-corrected chi connectivity index (χ0v) is 17.5. The first-order valence-electron chi connectivity index (χ1n) is 8.25. The highest BCUT2D eigenvalue weighted by molar-refractivity contribution is 7.87. The molecule has 5 N–H and O–H groups in total. The average molecular weight is 439 g/mol. The van der Waals surface area contributed by atoms with Crippen LogP contribution in [0.15, 0.2) is 72.8 Å². The third-order valence-electron chi connectivity index (χ3n) is 3.25. The second-order valence-corrected chi connectivity index (χ2v) is 7.26. The number of phenols is 1. The van der Waals surface area contributed by atoms with Crippen LogP contribution in [-0.4, -0.2) is 25.2 Å². The average Bonchev–Trinajstić information content (AvgIpc) is 2.66. The summed E-state index contributed by atoms with van der Waals surface area (Å²) in [6, 6.07) is 20.5. The standard InChI is InChI=1S/C7H8ClNO.C7H9NO3S.C6H6O/c1-10-7-4-5(8)2-3-6(7)9;1-6-2-4-7(5-3-6)8-12(9,10)11;7-6-4-2-1-3-5-6/h2-4H,9H2,1H3;2-5,8H,1H3,(H,9,10,11);1-5,7H. The second-order valence-electron chi connectivity index (χ2n) is 5.66. The molecule has 3 aromatic carbocycles. The van der Waals surface area contributed by atoms with Crippen molar-refractivity contribution in [2.45, 2.75) is 6.92 Å². The molecule has 0 radical (unpaired) electrons. The molecule has 0 aliphatic carbocycles. The molecule has 0 amide bonds. The molecule has 29 heavy (non-hydrogen) atoms. The molecule has 0 saturated carbocycles. The van der Waals surface area contributed by atoms with Gasteiger partial charge in [0.2, 0.25) is 0 Å². The van der Waals surface area contributed by atoms with E-state index < -0.39 is 10.3 Å². The van der Waals surface area contributed by atoms with Crippen molar-refractivity contribution in [3.8, 4) is 11.5 Å². The normalized spacial score (nSPS) is 9.93. The number of halogens is 1. The van der Waals surface area contributed by atoms with Crippen molar-refractivity contribution in [2.75, 3.05) is 17.6 Å². The lowest BCUT2D eigenvalue weighted by atomic mass is 10.2. The maximum atomic E-state index is 10.3. The third-order valence-corrected chi connectivity index (χ3v) is 3.98. The Balaban J connectivity index is 0.000000225. The highest BCUT2D eigenvalue weighted by Crippen LogP contribution is 2.24. The van der Waals surface area contributed by atoms with Crippen LogP contribution in [0.5, 0.6) is 11.5 Å². The van der Waals surface area contributed by atoms with Crippen molar-refractivity contribution < 1.29 is 22.8 Å². The van der Waals surface area contributed by atoms with Gasteiger partial charge < -0.3 is 15.6 Å². The minimum Gasteiger partial charge on any atom is -0.508 e. The monoisotopic (exact) mass is 438 g/mol. The fourth-order valence-electron chi connectivity index (χ4n) is 1.88. The molecular weight excluding hydrogens is 416 g/mol. The number of para-hydroxylation sites is 1. The van der Waals surface area contributed by atoms with Crippen molar-refractivity contribution in [1.82, 2.24) is 0 Å². The van der Waals surface area contributed by atoms with Gasteiger partial charge >= 0.3 is 10.3 Å². The van der Waals surface area contributed by atoms with Crippen molar-refractivity contribution in [3.63, 3.8) is 0 Å². The van der Waals surface area contributed by atoms with E-state index in [2.05, 4.69) is 0 Å². The Morgan fingerprint density at radius 2 is 1.59 bits per heavy atom. The molecule has 0 atom stereocenters. The first-order valence-corrected chi connectivity index (χ1v) is 10.1. The van der Waals surface area contributed by atoms with Crippen LogP contribution in [0.1, 0.15) is 5.56 Å². The fraction of sp³-hybridized carbons (Fsp3) is 0.100. The van der Waals surface area contributed by atoms with E-state index in [4.69, 9.17) is 31.7 Å². The smallest absolute Gasteiger partial charge is 0.357 e. The van der Waals surface area contributed by atoms with Crippen LogP contribution in [0.2, 0.25) is 5.02 Å². The molecule has 0 heterocycles. The number of phenolic OH excluding ortho intramolecular Hbond substituents is 1. The van der Waals surface area contributed by atoms with Crippen molar-refractivity contribution in [3.05, 3.63) is 83.4 Å². The van der Waals surface area contributed by atoms with Crippen LogP contribution in [0.25, 0.3) is 0 Å². The maximum Gasteiger partial charge on any atom is 0.357 e. The van der Waals surface area contributed by atoms with E-state index in [-0.39, 0.29) is 0 Å². The molecule has 0 bridgehead atoms. The van der Waals surface area contributed by atoms with Gasteiger partial charge in [0.15, 0.2) is 0 Å². The summed E-state index contributed by atoms with van der Waals surface area (Å²) < 4.78 is 35.9. The molecule has 0 aliphatic heterocycles. The number of anilines is 2. The number of benzene rings is 3. The summed E-state index contributed by atoms with van der Waals surface area (Å²) in [5.74, 6) is 0.940. The number of hydrogen-bond donors (Lipinski definition) is 4. The number of rotatable bonds is 3. The van der Waals surface area contributed by atoms with Crippen LogP contribution < -0.4 is 15.2 Å². The number of nitrogens with two attached hydrogens (primary N) is 1. The number of nitrogens with one attached hydrogen (secondary N) is 1. The first-order chi connectivity index (χ1) is 13.6. The molecule has 3 aromatic rings. The molecular formula is C20H23ClN2O5S. The second kappa shape index (κ2) is 11.8. The van der Waals surface area contributed by atoms with Gasteiger partial charge in [-0.15, -0.1) is 0 Å². The third kappa shape index (κ3) is 10.8. The summed E-state index contributed by atoms with van der Waals surface area (Å²) in [4.78, 5) is 0. The van der Waals surface area contributed by atoms with E-state index in [9.17, 15) is 8.42 Å². The Morgan fingerprint density at radius 3 is 2.00 bits per heavy atom. The van der Waals surface area contributed by atoms with Gasteiger partial charge in [-0.05, 0) is 43.3 Å². The topological polar surface area (TPSA) is 122 Å². The minimum atomic E-state index is -4.14. The molecule has 3 rings (SSSR count). The highest BCUT2D eigenvalue weighted by atomic mass is 35.5. The number of aryl methyl sites for hydroxylation is 1. The van der Waals surface area contributed by atoms with E-state index in [1.54, 1.807) is 73.8 Å². The van der Waals surface area contributed by atoms with Crippen LogP contribution in [0.4, 0.5) is 11.4 Å². The van der Waals surface area contributed by atoms with E-state index >= 15 is 0 Å². The Hall–Kier alpha value is -2.94. The predicted molar refractivity (Wildman–Crippen MR) is 117 cm³/mol. The SMILES string of the molecule is COc1cc(Cl)ccc1N.Cc1ccc(NS(=O)(=O)O)cc1.Oc1ccccc1. The Labute approximate surface area is 175 Å². The summed E-state index contributed by atoms with van der Waals surface area (Å²) in [5.41, 5.74) is 7.49. The highest BCUT2D eigenvalue weighted by Gasteiger charge is 2.01. The summed E-state index contributed by atoms with van der Waals surface area (Å²) in [6.07, 6.45) is 0. The van der Waals surface area contributed by atoms with Gasteiger partial charge in [-0.3, -0.25) is 9.27 Å². The van der Waals surface area contributed by atoms with Gasteiger partial charge in [0, 0.05) is 11.1 Å². The fourth-order valence-corrected chi connectivity index (χ4v) is 2.48. The lowest BCUT2D eigenvalue weighted by Gasteiger charge is -2.02. The predicted octanol–water partition coefficient (Wildman–Crippen LogP) is 4.53. The number of nitrogen functional groups attached to an aromatic ring is 1.